The molecule has 1 amide bonds. The van der Waals surface area contributed by atoms with Gasteiger partial charge in [-0.2, -0.15) is 0 Å². The monoisotopic (exact) mass is 274 g/mol. The highest BCUT2D eigenvalue weighted by molar-refractivity contribution is 5.81. The molecule has 1 aliphatic carbocycles. The number of nitrogens with zero attached hydrogens (tertiary/aromatic N) is 2. The first-order valence-corrected chi connectivity index (χ1v) is 7.64. The number of amides is 1. The van der Waals surface area contributed by atoms with Crippen LogP contribution in [-0.2, 0) is 9.53 Å². The second kappa shape index (κ2) is 6.25. The lowest BCUT2D eigenvalue weighted by atomic mass is 10.0. The Morgan fingerprint density at radius 2 is 2.35 bits per heavy atom. The fourth-order valence-corrected chi connectivity index (χ4v) is 2.97. The number of carbonyl (C=O) groups excluding carboxylic acids is 1. The van der Waals surface area contributed by atoms with Crippen LogP contribution in [-0.4, -0.2) is 42.4 Å². The molecular weight excluding hydrogens is 252 g/mol. The molecule has 0 N–H and O–H groups in total. The Labute approximate surface area is 120 Å². The molecule has 108 valence electrons. The van der Waals surface area contributed by atoms with Gasteiger partial charge in [0.1, 0.15) is 6.61 Å². The summed E-state index contributed by atoms with van der Waals surface area (Å²) in [5.74, 6) is 1.10. The van der Waals surface area contributed by atoms with Crippen molar-refractivity contribution in [2.45, 2.75) is 44.6 Å². The van der Waals surface area contributed by atoms with Gasteiger partial charge in [0.05, 0.1) is 6.04 Å². The van der Waals surface area contributed by atoms with Crippen molar-refractivity contribution in [3.8, 4) is 0 Å². The Hall–Kier alpha value is -1.58. The van der Waals surface area contributed by atoms with E-state index in [4.69, 9.17) is 4.74 Å². The van der Waals surface area contributed by atoms with Gasteiger partial charge in [0, 0.05) is 25.9 Å². The lowest BCUT2D eigenvalue weighted by Gasteiger charge is -2.14. The molecule has 0 spiro atoms. The second-order valence-electron chi connectivity index (χ2n) is 5.68. The molecule has 0 aromatic rings. The van der Waals surface area contributed by atoms with Gasteiger partial charge >= 0.3 is 0 Å². The fourth-order valence-electron chi connectivity index (χ4n) is 2.97. The van der Waals surface area contributed by atoms with Gasteiger partial charge in [0.2, 0.25) is 5.91 Å². The Kier molecular flexibility index (Phi) is 4.19. The number of aliphatic imine (C=N–C) groups is 1. The molecule has 0 unspecified atom stereocenters. The number of rotatable bonds is 5. The van der Waals surface area contributed by atoms with E-state index in [1.165, 1.54) is 5.57 Å². The summed E-state index contributed by atoms with van der Waals surface area (Å²) >= 11 is 0. The fraction of sp³-hybridized carbons (Fsp3) is 0.625. The summed E-state index contributed by atoms with van der Waals surface area (Å²) in [6.07, 6.45) is 12.5. The van der Waals surface area contributed by atoms with Crippen molar-refractivity contribution >= 4 is 11.8 Å². The zero-order valence-electron chi connectivity index (χ0n) is 11.9. The van der Waals surface area contributed by atoms with E-state index < -0.39 is 0 Å². The van der Waals surface area contributed by atoms with E-state index in [0.717, 1.165) is 51.1 Å². The third-order valence-corrected chi connectivity index (χ3v) is 4.08. The number of hydrogen-bond donors (Lipinski definition) is 0. The third kappa shape index (κ3) is 3.30. The summed E-state index contributed by atoms with van der Waals surface area (Å²) in [5, 5.41) is 0. The molecular formula is C16H22N2O2. The molecule has 0 bridgehead atoms. The Morgan fingerprint density at radius 1 is 1.40 bits per heavy atom. The summed E-state index contributed by atoms with van der Waals surface area (Å²) in [4.78, 5) is 18.1. The molecule has 0 aromatic heterocycles. The molecule has 4 nitrogen and oxygen atoms in total. The molecule has 2 heterocycles. The molecule has 3 aliphatic rings. The Bertz CT molecular complexity index is 465. The first-order chi connectivity index (χ1) is 9.81. The maximum atomic E-state index is 11.5. The highest BCUT2D eigenvalue weighted by Crippen LogP contribution is 2.20. The smallest absolute Gasteiger partial charge is 0.222 e. The van der Waals surface area contributed by atoms with Crippen LogP contribution < -0.4 is 0 Å². The third-order valence-electron chi connectivity index (χ3n) is 4.08. The molecule has 3 rings (SSSR count). The van der Waals surface area contributed by atoms with Crippen LogP contribution in [0.15, 0.2) is 28.8 Å². The van der Waals surface area contributed by atoms with Crippen LogP contribution in [0.1, 0.15) is 38.5 Å². The average molecular weight is 274 g/mol. The minimum Gasteiger partial charge on any atom is -0.479 e. The van der Waals surface area contributed by atoms with Gasteiger partial charge in [-0.25, -0.2) is 4.99 Å². The van der Waals surface area contributed by atoms with Gasteiger partial charge in [-0.1, -0.05) is 23.8 Å². The lowest BCUT2D eigenvalue weighted by molar-refractivity contribution is -0.127. The van der Waals surface area contributed by atoms with E-state index >= 15 is 0 Å². The highest BCUT2D eigenvalue weighted by atomic mass is 16.5. The van der Waals surface area contributed by atoms with Crippen molar-refractivity contribution in [3.05, 3.63) is 23.8 Å². The van der Waals surface area contributed by atoms with Gasteiger partial charge in [-0.05, 0) is 25.7 Å². The first-order valence-electron chi connectivity index (χ1n) is 7.64. The van der Waals surface area contributed by atoms with E-state index in [9.17, 15) is 4.79 Å². The normalized spacial score (nSPS) is 25.7. The van der Waals surface area contributed by atoms with Crippen LogP contribution in [0.3, 0.4) is 0 Å². The van der Waals surface area contributed by atoms with E-state index in [1.807, 2.05) is 4.90 Å². The van der Waals surface area contributed by atoms with Gasteiger partial charge in [0.25, 0.3) is 0 Å². The van der Waals surface area contributed by atoms with Crippen LogP contribution >= 0.6 is 0 Å². The summed E-state index contributed by atoms with van der Waals surface area (Å²) in [6.45, 7) is 2.34. The highest BCUT2D eigenvalue weighted by Gasteiger charge is 2.23. The van der Waals surface area contributed by atoms with Crippen LogP contribution in [0.4, 0.5) is 0 Å². The van der Waals surface area contributed by atoms with Crippen molar-refractivity contribution < 1.29 is 9.53 Å². The number of likely N-dealkylation sites (tertiary alicyclic amines) is 1. The van der Waals surface area contributed by atoms with Gasteiger partial charge in [-0.15, -0.1) is 0 Å². The molecule has 4 heteroatoms. The van der Waals surface area contributed by atoms with Crippen LogP contribution in [0.25, 0.3) is 0 Å². The maximum Gasteiger partial charge on any atom is 0.222 e. The minimum atomic E-state index is 0.258. The van der Waals surface area contributed by atoms with Crippen LogP contribution in [0, 0.1) is 0 Å². The summed E-state index contributed by atoms with van der Waals surface area (Å²) in [7, 11) is 0. The second-order valence-corrected chi connectivity index (χ2v) is 5.68. The molecule has 1 atom stereocenters. The summed E-state index contributed by atoms with van der Waals surface area (Å²) < 4.78 is 5.66. The molecule has 1 saturated heterocycles. The number of carbonyl (C=O) groups is 1. The molecule has 1 fully saturated rings. The van der Waals surface area contributed by atoms with Crippen LogP contribution in [0.2, 0.25) is 0 Å². The standard InChI is InChI=1S/C16H22N2O2/c19-16-7-4-9-18(16)10-8-15-17-14(12-20-15)11-13-5-2-1-3-6-13/h2,5-6,14H,1,3-4,7-12H2/t14-/m1/s1. The number of allylic oxidation sites excluding steroid dienone is 3. The van der Waals surface area contributed by atoms with Crippen molar-refractivity contribution in [1.82, 2.24) is 4.90 Å². The molecule has 20 heavy (non-hydrogen) atoms. The number of hydrogen-bond acceptors (Lipinski definition) is 3. The topological polar surface area (TPSA) is 41.9 Å². The van der Waals surface area contributed by atoms with Gasteiger partial charge in [0.15, 0.2) is 5.90 Å². The quantitative estimate of drug-likeness (QED) is 0.773. The lowest BCUT2D eigenvalue weighted by Crippen LogP contribution is -2.27. The summed E-state index contributed by atoms with van der Waals surface area (Å²) in [5.41, 5.74) is 1.38. The van der Waals surface area contributed by atoms with E-state index in [1.54, 1.807) is 0 Å². The van der Waals surface area contributed by atoms with Crippen molar-refractivity contribution in [1.29, 1.82) is 0 Å². The SMILES string of the molecule is O=C1CCCN1CCC1=N[C@H](CC2=CCCC=C2)CO1. The molecule has 2 aliphatic heterocycles. The molecule has 0 radical (unpaired) electrons. The molecule has 0 saturated carbocycles. The number of ether oxygens (including phenoxy) is 1. The first kappa shape index (κ1) is 13.4. The van der Waals surface area contributed by atoms with Crippen molar-refractivity contribution in [3.63, 3.8) is 0 Å². The van der Waals surface area contributed by atoms with Gasteiger partial charge in [-0.3, -0.25) is 4.79 Å². The zero-order valence-corrected chi connectivity index (χ0v) is 11.9. The van der Waals surface area contributed by atoms with E-state index in [-0.39, 0.29) is 11.9 Å². The van der Waals surface area contributed by atoms with E-state index in [0.29, 0.717) is 13.0 Å². The van der Waals surface area contributed by atoms with E-state index in [2.05, 4.69) is 23.2 Å². The van der Waals surface area contributed by atoms with Crippen LogP contribution in [0.5, 0.6) is 0 Å². The maximum absolute atomic E-state index is 11.5. The summed E-state index contributed by atoms with van der Waals surface area (Å²) in [6, 6.07) is 0.258. The minimum absolute atomic E-state index is 0.258. The molecule has 0 aromatic carbocycles. The van der Waals surface area contributed by atoms with Crippen molar-refractivity contribution in [2.75, 3.05) is 19.7 Å². The Balaban J connectivity index is 1.46. The zero-order chi connectivity index (χ0) is 13.8. The predicted octanol–water partition coefficient (Wildman–Crippen LogP) is 2.46. The van der Waals surface area contributed by atoms with Crippen molar-refractivity contribution in [2.24, 2.45) is 4.99 Å². The average Bonchev–Trinajstić information content (AvgIpc) is 3.07. The largest absolute Gasteiger partial charge is 0.479 e. The van der Waals surface area contributed by atoms with Gasteiger partial charge < -0.3 is 9.64 Å². The predicted molar refractivity (Wildman–Crippen MR) is 78.7 cm³/mol. The Morgan fingerprint density at radius 3 is 3.10 bits per heavy atom.